The summed E-state index contributed by atoms with van der Waals surface area (Å²) in [6.07, 6.45) is -0.223. The molecule has 0 aliphatic carbocycles. The summed E-state index contributed by atoms with van der Waals surface area (Å²) in [5.41, 5.74) is -0.162. The van der Waals surface area contributed by atoms with Gasteiger partial charge in [-0.1, -0.05) is 0 Å². The average Bonchev–Trinajstić information content (AvgIpc) is 2.57. The second-order valence-corrected chi connectivity index (χ2v) is 3.70. The number of anilines is 1. The summed E-state index contributed by atoms with van der Waals surface area (Å²) >= 11 is 0. The van der Waals surface area contributed by atoms with Crippen LogP contribution in [0.25, 0.3) is 0 Å². The van der Waals surface area contributed by atoms with Gasteiger partial charge in [0, 0.05) is 5.69 Å². The third-order valence-corrected chi connectivity index (χ3v) is 2.43. The number of halogens is 1. The fourth-order valence-electron chi connectivity index (χ4n) is 1.67. The largest absolute Gasteiger partial charge is 0.478 e. The topological polar surface area (TPSA) is 74.7 Å². The van der Waals surface area contributed by atoms with Crippen LogP contribution in [0.5, 0.6) is 0 Å². The molecule has 1 aliphatic heterocycles. The lowest BCUT2D eigenvalue weighted by molar-refractivity contribution is -0.121. The molecule has 0 spiro atoms. The molecule has 1 saturated heterocycles. The van der Waals surface area contributed by atoms with Crippen LogP contribution >= 0.6 is 0 Å². The number of Topliss-reactive ketones (excluding diaryl/α,β-unsaturated/α-hetero) is 1. The van der Waals surface area contributed by atoms with Crippen molar-refractivity contribution in [3.63, 3.8) is 0 Å². The van der Waals surface area contributed by atoms with Crippen LogP contribution < -0.4 is 4.90 Å². The molecule has 1 fully saturated rings. The van der Waals surface area contributed by atoms with Crippen molar-refractivity contribution in [3.8, 4) is 0 Å². The van der Waals surface area contributed by atoms with Gasteiger partial charge < -0.3 is 10.0 Å². The number of carbonyl (C=O) groups excluding carboxylic acids is 2. The zero-order valence-electron chi connectivity index (χ0n) is 8.64. The van der Waals surface area contributed by atoms with Gasteiger partial charge in [0.15, 0.2) is 5.78 Å². The van der Waals surface area contributed by atoms with E-state index in [0.717, 1.165) is 17.0 Å². The van der Waals surface area contributed by atoms with Crippen LogP contribution in [0.15, 0.2) is 18.2 Å². The normalized spacial score (nSPS) is 15.5. The van der Waals surface area contributed by atoms with Crippen molar-refractivity contribution in [2.24, 2.45) is 0 Å². The maximum atomic E-state index is 13.2. The van der Waals surface area contributed by atoms with Crippen LogP contribution in [0, 0.1) is 5.82 Å². The quantitative estimate of drug-likeness (QED) is 0.773. The predicted octanol–water partition coefficient (Wildman–Crippen LogP) is 0.830. The Hall–Kier alpha value is -2.24. The number of benzene rings is 1. The van der Waals surface area contributed by atoms with Crippen LogP contribution in [0.3, 0.4) is 0 Å². The van der Waals surface area contributed by atoms with Crippen molar-refractivity contribution >= 4 is 23.3 Å². The molecule has 0 aromatic heterocycles. The first-order valence-electron chi connectivity index (χ1n) is 4.83. The number of hydrogen-bond acceptors (Lipinski definition) is 3. The highest BCUT2D eigenvalue weighted by Gasteiger charge is 2.29. The van der Waals surface area contributed by atoms with E-state index in [-0.39, 0.29) is 30.0 Å². The van der Waals surface area contributed by atoms with Gasteiger partial charge in [-0.15, -0.1) is 0 Å². The van der Waals surface area contributed by atoms with E-state index in [4.69, 9.17) is 5.11 Å². The molecular weight excluding hydrogens is 229 g/mol. The van der Waals surface area contributed by atoms with E-state index in [9.17, 15) is 18.8 Å². The molecule has 6 heteroatoms. The van der Waals surface area contributed by atoms with Crippen LogP contribution in [-0.4, -0.2) is 29.3 Å². The van der Waals surface area contributed by atoms with E-state index in [1.54, 1.807) is 0 Å². The lowest BCUT2D eigenvalue weighted by Crippen LogP contribution is -2.24. The third kappa shape index (κ3) is 2.15. The number of hydrogen-bond donors (Lipinski definition) is 1. The second-order valence-electron chi connectivity index (χ2n) is 3.70. The number of ketones is 1. The predicted molar refractivity (Wildman–Crippen MR) is 55.3 cm³/mol. The number of aromatic carboxylic acids is 1. The number of nitrogens with zero attached hydrogens (tertiary/aromatic N) is 1. The van der Waals surface area contributed by atoms with E-state index in [1.807, 2.05) is 0 Å². The van der Waals surface area contributed by atoms with Gasteiger partial charge in [0.05, 0.1) is 18.5 Å². The van der Waals surface area contributed by atoms with Crippen molar-refractivity contribution in [1.29, 1.82) is 0 Å². The van der Waals surface area contributed by atoms with Crippen LogP contribution in [0.1, 0.15) is 16.8 Å². The monoisotopic (exact) mass is 237 g/mol. The van der Waals surface area contributed by atoms with Gasteiger partial charge in [-0.05, 0) is 18.2 Å². The number of amides is 1. The molecule has 0 radical (unpaired) electrons. The molecule has 5 nitrogen and oxygen atoms in total. The van der Waals surface area contributed by atoms with Crippen LogP contribution in [0.2, 0.25) is 0 Å². The molecule has 1 aliphatic rings. The van der Waals surface area contributed by atoms with Crippen molar-refractivity contribution in [3.05, 3.63) is 29.6 Å². The summed E-state index contributed by atoms with van der Waals surface area (Å²) in [7, 11) is 0. The molecule has 17 heavy (non-hydrogen) atoms. The number of carbonyl (C=O) groups is 3. The highest BCUT2D eigenvalue weighted by molar-refractivity contribution is 6.15. The lowest BCUT2D eigenvalue weighted by atomic mass is 10.2. The minimum absolute atomic E-state index is 0.0956. The second kappa shape index (κ2) is 3.97. The number of rotatable bonds is 2. The Balaban J connectivity index is 2.42. The van der Waals surface area contributed by atoms with Crippen molar-refractivity contribution in [1.82, 2.24) is 0 Å². The molecule has 0 bridgehead atoms. The summed E-state index contributed by atoms with van der Waals surface area (Å²) in [6, 6.07) is 3.05. The Bertz CT molecular complexity index is 526. The Labute approximate surface area is 95.5 Å². The first-order valence-corrected chi connectivity index (χ1v) is 4.83. The molecule has 1 heterocycles. The third-order valence-electron chi connectivity index (χ3n) is 2.43. The fraction of sp³-hybridized carbons (Fsp3) is 0.182. The standard InChI is InChI=1S/C11H8FNO4/c12-7-1-6(11(16)17)2-8(3-7)13-5-9(14)4-10(13)15/h1-3H,4-5H2,(H,16,17). The number of carboxylic acids is 1. The summed E-state index contributed by atoms with van der Waals surface area (Å²) < 4.78 is 13.2. The van der Waals surface area contributed by atoms with Gasteiger partial charge in [-0.2, -0.15) is 0 Å². The van der Waals surface area contributed by atoms with E-state index in [0.29, 0.717) is 0 Å². The van der Waals surface area contributed by atoms with Gasteiger partial charge in [-0.25, -0.2) is 9.18 Å². The Morgan fingerprint density at radius 2 is 2.00 bits per heavy atom. The fourth-order valence-corrected chi connectivity index (χ4v) is 1.67. The minimum atomic E-state index is -1.29. The molecule has 1 aromatic carbocycles. The molecule has 2 rings (SSSR count). The van der Waals surface area contributed by atoms with Gasteiger partial charge in [0.1, 0.15) is 5.82 Å². The van der Waals surface area contributed by atoms with E-state index < -0.39 is 17.7 Å². The Kier molecular flexibility index (Phi) is 2.63. The summed E-state index contributed by atoms with van der Waals surface area (Å²) in [5.74, 6) is -2.76. The summed E-state index contributed by atoms with van der Waals surface area (Å²) in [6.45, 7) is -0.138. The highest BCUT2D eigenvalue weighted by Crippen LogP contribution is 2.22. The van der Waals surface area contributed by atoms with E-state index >= 15 is 0 Å². The first kappa shape index (κ1) is 11.3. The Morgan fingerprint density at radius 3 is 2.53 bits per heavy atom. The average molecular weight is 237 g/mol. The molecule has 88 valence electrons. The molecule has 0 unspecified atom stereocenters. The number of carboxylic acid groups (broad SMARTS) is 1. The molecule has 1 N–H and O–H groups in total. The highest BCUT2D eigenvalue weighted by atomic mass is 19.1. The van der Waals surface area contributed by atoms with Crippen LogP contribution in [0.4, 0.5) is 10.1 Å². The minimum Gasteiger partial charge on any atom is -0.478 e. The SMILES string of the molecule is O=C1CC(=O)N(c2cc(F)cc(C(=O)O)c2)C1. The first-order chi connectivity index (χ1) is 7.97. The van der Waals surface area contributed by atoms with Crippen molar-refractivity contribution in [2.75, 3.05) is 11.4 Å². The van der Waals surface area contributed by atoms with E-state index in [1.165, 1.54) is 6.07 Å². The summed E-state index contributed by atoms with van der Waals surface area (Å²) in [4.78, 5) is 34.3. The maximum absolute atomic E-state index is 13.2. The van der Waals surface area contributed by atoms with Crippen molar-refractivity contribution < 1.29 is 23.9 Å². The molecule has 1 aromatic rings. The van der Waals surface area contributed by atoms with Gasteiger partial charge in [-0.3, -0.25) is 9.59 Å². The molecule has 0 atom stereocenters. The van der Waals surface area contributed by atoms with Gasteiger partial charge in [0.2, 0.25) is 5.91 Å². The molecular formula is C11H8FNO4. The van der Waals surface area contributed by atoms with Crippen LogP contribution in [-0.2, 0) is 9.59 Å². The summed E-state index contributed by atoms with van der Waals surface area (Å²) in [5, 5.41) is 8.76. The lowest BCUT2D eigenvalue weighted by Gasteiger charge is -2.15. The maximum Gasteiger partial charge on any atom is 0.335 e. The van der Waals surface area contributed by atoms with Gasteiger partial charge in [0.25, 0.3) is 0 Å². The zero-order chi connectivity index (χ0) is 12.6. The molecule has 1 amide bonds. The van der Waals surface area contributed by atoms with Gasteiger partial charge >= 0.3 is 5.97 Å². The molecule has 0 saturated carbocycles. The Morgan fingerprint density at radius 1 is 1.29 bits per heavy atom. The van der Waals surface area contributed by atoms with Crippen molar-refractivity contribution in [2.45, 2.75) is 6.42 Å². The smallest absolute Gasteiger partial charge is 0.335 e. The van der Waals surface area contributed by atoms with E-state index in [2.05, 4.69) is 0 Å². The zero-order valence-corrected chi connectivity index (χ0v) is 8.64.